The van der Waals surface area contributed by atoms with E-state index in [1.54, 1.807) is 4.90 Å². The minimum Gasteiger partial charge on any atom is -0.503 e. The van der Waals surface area contributed by atoms with Crippen molar-refractivity contribution in [3.05, 3.63) is 33.7 Å². The van der Waals surface area contributed by atoms with E-state index in [1.165, 1.54) is 11.3 Å². The Morgan fingerprint density at radius 3 is 2.57 bits per heavy atom. The molecule has 0 aromatic carbocycles. The third-order valence-corrected chi connectivity index (χ3v) is 4.97. The lowest BCUT2D eigenvalue weighted by Gasteiger charge is -2.27. The number of ketones is 1. The number of aliphatic hydroxyl groups is 1. The summed E-state index contributed by atoms with van der Waals surface area (Å²) in [5.41, 5.74) is -0.389. The number of carbonyl (C=O) groups excluding carboxylic acids is 2. The van der Waals surface area contributed by atoms with E-state index < -0.39 is 17.4 Å². The molecule has 1 aromatic heterocycles. The second kappa shape index (κ2) is 6.87. The summed E-state index contributed by atoms with van der Waals surface area (Å²) < 4.78 is 0. The maximum atomic E-state index is 12.8. The molecule has 0 radical (unpaired) electrons. The molecule has 4 nitrogen and oxygen atoms in total. The predicted octanol–water partition coefficient (Wildman–Crippen LogP) is 4.25. The van der Waals surface area contributed by atoms with Crippen molar-refractivity contribution in [2.75, 3.05) is 6.54 Å². The Hall–Kier alpha value is -1.62. The van der Waals surface area contributed by atoms with Gasteiger partial charge in [-0.2, -0.15) is 0 Å². The van der Waals surface area contributed by atoms with Gasteiger partial charge in [-0.15, -0.1) is 11.3 Å². The van der Waals surface area contributed by atoms with E-state index >= 15 is 0 Å². The summed E-state index contributed by atoms with van der Waals surface area (Å²) in [5.74, 6) is -0.966. The van der Waals surface area contributed by atoms with E-state index in [0.29, 0.717) is 6.54 Å². The highest BCUT2D eigenvalue weighted by atomic mass is 32.1. The Kier molecular flexibility index (Phi) is 5.30. The number of hydrogen-bond acceptors (Lipinski definition) is 4. The second-order valence-corrected chi connectivity index (χ2v) is 7.94. The highest BCUT2D eigenvalue weighted by Crippen LogP contribution is 2.42. The molecule has 0 bridgehead atoms. The topological polar surface area (TPSA) is 57.6 Å². The van der Waals surface area contributed by atoms with Crippen LogP contribution in [0.4, 0.5) is 0 Å². The molecule has 126 valence electrons. The van der Waals surface area contributed by atoms with Crippen LogP contribution in [0.15, 0.2) is 28.8 Å². The van der Waals surface area contributed by atoms with Crippen molar-refractivity contribution in [2.45, 2.75) is 53.0 Å². The van der Waals surface area contributed by atoms with Gasteiger partial charge in [0.05, 0.1) is 11.6 Å². The van der Waals surface area contributed by atoms with Crippen LogP contribution in [-0.4, -0.2) is 28.2 Å². The van der Waals surface area contributed by atoms with Gasteiger partial charge in [-0.05, 0) is 17.9 Å². The quantitative estimate of drug-likeness (QED) is 0.791. The van der Waals surface area contributed by atoms with Crippen molar-refractivity contribution in [1.82, 2.24) is 4.90 Å². The van der Waals surface area contributed by atoms with Crippen LogP contribution in [0.2, 0.25) is 0 Å². The third kappa shape index (κ3) is 3.50. The lowest BCUT2D eigenvalue weighted by Crippen LogP contribution is -2.33. The number of aliphatic hydroxyl groups excluding tert-OH is 1. The Bertz CT molecular complexity index is 611. The lowest BCUT2D eigenvalue weighted by molar-refractivity contribution is -0.129. The highest BCUT2D eigenvalue weighted by Gasteiger charge is 2.45. The van der Waals surface area contributed by atoms with Crippen molar-refractivity contribution >= 4 is 23.0 Å². The van der Waals surface area contributed by atoms with Gasteiger partial charge in [0, 0.05) is 16.8 Å². The van der Waals surface area contributed by atoms with Crippen LogP contribution >= 0.6 is 11.3 Å². The summed E-state index contributed by atoms with van der Waals surface area (Å²) in [6, 6.07) is 3.37. The first-order valence-electron chi connectivity index (χ1n) is 8.11. The molecule has 1 atom stereocenters. The summed E-state index contributed by atoms with van der Waals surface area (Å²) >= 11 is 1.51. The number of carbonyl (C=O) groups is 2. The van der Waals surface area contributed by atoms with E-state index in [0.717, 1.165) is 24.1 Å². The van der Waals surface area contributed by atoms with E-state index in [-0.39, 0.29) is 17.1 Å². The molecule has 1 amide bonds. The van der Waals surface area contributed by atoms with Gasteiger partial charge in [0.25, 0.3) is 5.91 Å². The molecule has 1 aliphatic rings. The van der Waals surface area contributed by atoms with Crippen molar-refractivity contribution in [2.24, 2.45) is 5.41 Å². The number of rotatable bonds is 6. The van der Waals surface area contributed by atoms with Gasteiger partial charge < -0.3 is 10.0 Å². The van der Waals surface area contributed by atoms with Crippen LogP contribution < -0.4 is 0 Å². The third-order valence-electron chi connectivity index (χ3n) is 4.04. The molecule has 5 heteroatoms. The molecule has 1 aromatic rings. The molecule has 0 saturated carbocycles. The minimum absolute atomic E-state index is 0.167. The summed E-state index contributed by atoms with van der Waals surface area (Å²) in [4.78, 5) is 27.9. The largest absolute Gasteiger partial charge is 0.503 e. The summed E-state index contributed by atoms with van der Waals surface area (Å²) in [5, 5.41) is 12.3. The number of amides is 1. The predicted molar refractivity (Wildman–Crippen MR) is 92.4 cm³/mol. The molecule has 1 unspecified atom stereocenters. The van der Waals surface area contributed by atoms with E-state index in [4.69, 9.17) is 0 Å². The van der Waals surface area contributed by atoms with Crippen molar-refractivity contribution in [1.29, 1.82) is 0 Å². The number of hydrogen-bond donors (Lipinski definition) is 1. The standard InChI is InChI=1S/C18H25NO3S/c1-5-6-7-10-19-14(12-9-8-11-23-12)13(15(20)17(19)22)16(21)18(2,3)4/h8-9,11,14,20H,5-7,10H2,1-4H3. The van der Waals surface area contributed by atoms with Crippen LogP contribution in [0.3, 0.4) is 0 Å². The first kappa shape index (κ1) is 17.7. The molecule has 2 heterocycles. The zero-order valence-electron chi connectivity index (χ0n) is 14.3. The van der Waals surface area contributed by atoms with E-state index in [9.17, 15) is 14.7 Å². The fourth-order valence-corrected chi connectivity index (χ4v) is 3.64. The molecular weight excluding hydrogens is 310 g/mol. The monoisotopic (exact) mass is 335 g/mol. The maximum absolute atomic E-state index is 12.8. The zero-order valence-corrected chi connectivity index (χ0v) is 15.1. The Balaban J connectivity index is 2.41. The summed E-state index contributed by atoms with van der Waals surface area (Å²) in [6.07, 6.45) is 2.94. The Morgan fingerprint density at radius 1 is 1.35 bits per heavy atom. The fourth-order valence-electron chi connectivity index (χ4n) is 2.80. The van der Waals surface area contributed by atoms with Crippen LogP contribution in [0.5, 0.6) is 0 Å². The molecule has 2 rings (SSSR count). The van der Waals surface area contributed by atoms with Gasteiger partial charge in [-0.3, -0.25) is 9.59 Å². The van der Waals surface area contributed by atoms with Gasteiger partial charge in [0.2, 0.25) is 0 Å². The highest BCUT2D eigenvalue weighted by molar-refractivity contribution is 7.10. The zero-order chi connectivity index (χ0) is 17.2. The summed E-state index contributed by atoms with van der Waals surface area (Å²) in [7, 11) is 0. The van der Waals surface area contributed by atoms with Crippen molar-refractivity contribution in [3.63, 3.8) is 0 Å². The first-order valence-corrected chi connectivity index (χ1v) is 8.99. The van der Waals surface area contributed by atoms with Crippen molar-refractivity contribution < 1.29 is 14.7 Å². The van der Waals surface area contributed by atoms with Gasteiger partial charge in [0.15, 0.2) is 11.5 Å². The smallest absolute Gasteiger partial charge is 0.290 e. The van der Waals surface area contributed by atoms with Gasteiger partial charge in [-0.1, -0.05) is 46.6 Å². The minimum atomic E-state index is -0.640. The first-order chi connectivity index (χ1) is 10.8. The average Bonchev–Trinajstić information content (AvgIpc) is 3.07. The molecular formula is C18H25NO3S. The number of thiophene rings is 1. The van der Waals surface area contributed by atoms with Crippen LogP contribution in [0, 0.1) is 5.41 Å². The second-order valence-electron chi connectivity index (χ2n) is 6.97. The Labute approximate surface area is 141 Å². The van der Waals surface area contributed by atoms with Crippen LogP contribution in [0.25, 0.3) is 0 Å². The molecule has 0 aliphatic carbocycles. The summed E-state index contributed by atoms with van der Waals surface area (Å²) in [6.45, 7) is 8.09. The number of Topliss-reactive ketones (excluding diaryl/α,β-unsaturated/α-hetero) is 1. The average molecular weight is 335 g/mol. The van der Waals surface area contributed by atoms with Gasteiger partial charge in [-0.25, -0.2) is 0 Å². The number of nitrogens with zero attached hydrogens (tertiary/aromatic N) is 1. The van der Waals surface area contributed by atoms with Crippen LogP contribution in [0.1, 0.15) is 57.9 Å². The van der Waals surface area contributed by atoms with E-state index in [1.807, 2.05) is 38.3 Å². The SMILES string of the molecule is CCCCCN1C(=O)C(O)=C(C(=O)C(C)(C)C)C1c1cccs1. The van der Waals surface area contributed by atoms with Crippen LogP contribution in [-0.2, 0) is 9.59 Å². The number of unbranched alkanes of at least 4 members (excludes halogenated alkanes) is 2. The molecule has 23 heavy (non-hydrogen) atoms. The van der Waals surface area contributed by atoms with Gasteiger partial charge in [0.1, 0.15) is 0 Å². The lowest BCUT2D eigenvalue weighted by atomic mass is 9.83. The van der Waals surface area contributed by atoms with Gasteiger partial charge >= 0.3 is 0 Å². The normalized spacial score (nSPS) is 18.9. The molecule has 0 spiro atoms. The fraction of sp³-hybridized carbons (Fsp3) is 0.556. The molecule has 1 N–H and O–H groups in total. The maximum Gasteiger partial charge on any atom is 0.290 e. The van der Waals surface area contributed by atoms with Crippen molar-refractivity contribution in [3.8, 4) is 0 Å². The van der Waals surface area contributed by atoms with E-state index in [2.05, 4.69) is 6.92 Å². The molecule has 1 aliphatic heterocycles. The Morgan fingerprint density at radius 2 is 2.04 bits per heavy atom. The molecule has 0 saturated heterocycles. The molecule has 0 fully saturated rings.